The summed E-state index contributed by atoms with van der Waals surface area (Å²) in [5, 5.41) is 8.78. The van der Waals surface area contributed by atoms with Crippen molar-refractivity contribution in [3.05, 3.63) is 34.3 Å². The Morgan fingerprint density at radius 2 is 2.11 bits per heavy atom. The molecule has 0 saturated heterocycles. The molecule has 1 aliphatic rings. The fourth-order valence-electron chi connectivity index (χ4n) is 1.66. The molecule has 1 aromatic carbocycles. The second-order valence-electron chi connectivity index (χ2n) is 3.67. The smallest absolute Gasteiger partial charge is 0.395 e. The molecule has 2 N–H and O–H groups in total. The van der Waals surface area contributed by atoms with Crippen LogP contribution in [0.3, 0.4) is 0 Å². The van der Waals surface area contributed by atoms with Gasteiger partial charge in [0.15, 0.2) is 0 Å². The number of halogens is 3. The number of amides is 1. The Balaban J connectivity index is 2.29. The Bertz CT molecular complexity index is 536. The fourth-order valence-corrected chi connectivity index (χ4v) is 1.83. The van der Waals surface area contributed by atoms with Gasteiger partial charge in [-0.1, -0.05) is 17.7 Å². The van der Waals surface area contributed by atoms with Gasteiger partial charge < -0.3 is 5.11 Å². The Labute approximate surface area is 105 Å². The number of benzene rings is 1. The third-order valence-electron chi connectivity index (χ3n) is 2.49. The van der Waals surface area contributed by atoms with Crippen LogP contribution < -0.4 is 5.43 Å². The maximum Gasteiger partial charge on any atom is 0.395 e. The van der Waals surface area contributed by atoms with E-state index in [1.54, 1.807) is 5.43 Å². The molecular formula is C10H7ClF2N2O3. The number of hydrogen-bond donors (Lipinski definition) is 2. The maximum atomic E-state index is 13.9. The number of nitrogens with zero attached hydrogens (tertiary/aromatic N) is 1. The first-order valence-corrected chi connectivity index (χ1v) is 5.18. The normalized spacial score (nSPS) is 17.3. The molecule has 1 amide bonds. The van der Waals surface area contributed by atoms with E-state index >= 15 is 0 Å². The molecular weight excluding hydrogens is 270 g/mol. The van der Waals surface area contributed by atoms with Crippen LogP contribution in [0.1, 0.15) is 11.1 Å². The molecule has 0 aliphatic carbocycles. The second kappa shape index (κ2) is 4.18. The quantitative estimate of drug-likeness (QED) is 0.599. The summed E-state index contributed by atoms with van der Waals surface area (Å²) in [5.74, 6) is -3.35. The highest BCUT2D eigenvalue weighted by Crippen LogP contribution is 2.41. The first-order valence-electron chi connectivity index (χ1n) is 4.80. The predicted octanol–water partition coefficient (Wildman–Crippen LogP) is 1.32. The van der Waals surface area contributed by atoms with Gasteiger partial charge in [-0.2, -0.15) is 8.78 Å². The monoisotopic (exact) mass is 276 g/mol. The van der Waals surface area contributed by atoms with E-state index in [1.807, 2.05) is 0 Å². The lowest BCUT2D eigenvalue weighted by atomic mass is 10.1. The maximum absolute atomic E-state index is 13.9. The van der Waals surface area contributed by atoms with Crippen LogP contribution >= 0.6 is 11.6 Å². The van der Waals surface area contributed by atoms with Gasteiger partial charge in [-0.15, -0.1) is 5.01 Å². The van der Waals surface area contributed by atoms with Crippen LogP contribution in [0, 0.1) is 0 Å². The molecule has 5 nitrogen and oxygen atoms in total. The van der Waals surface area contributed by atoms with E-state index in [9.17, 15) is 18.4 Å². The second-order valence-corrected chi connectivity index (χ2v) is 4.11. The Kier molecular flexibility index (Phi) is 2.95. The van der Waals surface area contributed by atoms with Gasteiger partial charge in [-0.25, -0.2) is 4.79 Å². The average molecular weight is 277 g/mol. The van der Waals surface area contributed by atoms with Crippen LogP contribution in [0.5, 0.6) is 0 Å². The molecule has 1 aliphatic heterocycles. The van der Waals surface area contributed by atoms with E-state index in [0.29, 0.717) is 0 Å². The van der Waals surface area contributed by atoms with Gasteiger partial charge in [0.1, 0.15) is 0 Å². The van der Waals surface area contributed by atoms with Crippen LogP contribution in [0.25, 0.3) is 0 Å². The molecule has 0 unspecified atom stereocenters. The molecule has 0 fully saturated rings. The SMILES string of the molecule is O=C(O)C(=O)NN1Cc2ccc(Cl)cc2C1(F)F. The zero-order chi connectivity index (χ0) is 13.5. The molecule has 0 aromatic heterocycles. The number of carbonyl (C=O) groups excluding carboxylic acids is 1. The van der Waals surface area contributed by atoms with Gasteiger partial charge in [0.25, 0.3) is 0 Å². The number of hydrazine groups is 1. The summed E-state index contributed by atoms with van der Waals surface area (Å²) >= 11 is 5.62. The summed E-state index contributed by atoms with van der Waals surface area (Å²) in [6, 6.07) is 0.437. The Hall–Kier alpha value is -1.73. The Morgan fingerprint density at radius 1 is 1.44 bits per heavy atom. The molecule has 0 bridgehead atoms. The molecule has 18 heavy (non-hydrogen) atoms. The lowest BCUT2D eigenvalue weighted by Crippen LogP contribution is -2.49. The summed E-state index contributed by atoms with van der Waals surface area (Å²) in [7, 11) is 0. The highest BCUT2D eigenvalue weighted by atomic mass is 35.5. The topological polar surface area (TPSA) is 69.6 Å². The average Bonchev–Trinajstić information content (AvgIpc) is 2.52. The standard InChI is InChI=1S/C10H7ClF2N2O3/c11-6-2-1-5-4-15(14-8(16)9(17)18)10(12,13)7(5)3-6/h1-3H,4H2,(H,14,16)(H,17,18). The van der Waals surface area contributed by atoms with Crippen LogP contribution in [-0.4, -0.2) is 22.0 Å². The van der Waals surface area contributed by atoms with Crippen LogP contribution in [0.4, 0.5) is 8.78 Å². The van der Waals surface area contributed by atoms with E-state index in [4.69, 9.17) is 16.7 Å². The largest absolute Gasteiger partial charge is 0.474 e. The van der Waals surface area contributed by atoms with E-state index in [0.717, 1.165) is 6.07 Å². The molecule has 0 saturated carbocycles. The third kappa shape index (κ3) is 2.02. The molecule has 0 atom stereocenters. The summed E-state index contributed by atoms with van der Waals surface area (Å²) < 4.78 is 27.7. The molecule has 0 radical (unpaired) electrons. The van der Waals surface area contributed by atoms with E-state index in [2.05, 4.69) is 0 Å². The number of carbonyl (C=O) groups is 2. The first-order chi connectivity index (χ1) is 8.32. The summed E-state index contributed by atoms with van der Waals surface area (Å²) in [6.07, 6.45) is 0. The minimum Gasteiger partial charge on any atom is -0.474 e. The van der Waals surface area contributed by atoms with Gasteiger partial charge in [-0.05, 0) is 17.7 Å². The number of fused-ring (bicyclic) bond motifs is 1. The fraction of sp³-hybridized carbons (Fsp3) is 0.200. The number of alkyl halides is 2. The number of carboxylic acid groups (broad SMARTS) is 1. The van der Waals surface area contributed by atoms with Gasteiger partial charge >= 0.3 is 17.9 Å². The molecule has 0 spiro atoms. The van der Waals surface area contributed by atoms with Crippen molar-refractivity contribution in [1.29, 1.82) is 0 Å². The summed E-state index contributed by atoms with van der Waals surface area (Å²) in [5.41, 5.74) is 1.56. The number of nitrogens with one attached hydrogen (secondary N) is 1. The van der Waals surface area contributed by atoms with E-state index in [-0.39, 0.29) is 27.7 Å². The zero-order valence-electron chi connectivity index (χ0n) is 8.78. The molecule has 96 valence electrons. The van der Waals surface area contributed by atoms with Crippen molar-refractivity contribution in [2.24, 2.45) is 0 Å². The van der Waals surface area contributed by atoms with Crippen LogP contribution in [0.15, 0.2) is 18.2 Å². The van der Waals surface area contributed by atoms with Crippen molar-refractivity contribution in [3.8, 4) is 0 Å². The molecule has 8 heteroatoms. The first kappa shape index (κ1) is 12.7. The number of carboxylic acids is 1. The van der Waals surface area contributed by atoms with Crippen molar-refractivity contribution in [1.82, 2.24) is 10.4 Å². The highest BCUT2D eigenvalue weighted by Gasteiger charge is 2.48. The van der Waals surface area contributed by atoms with Crippen molar-refractivity contribution >= 4 is 23.5 Å². The minimum atomic E-state index is -3.49. The Morgan fingerprint density at radius 3 is 2.72 bits per heavy atom. The third-order valence-corrected chi connectivity index (χ3v) is 2.73. The number of aliphatic carboxylic acids is 1. The van der Waals surface area contributed by atoms with Gasteiger partial charge in [0.2, 0.25) is 0 Å². The lowest BCUT2D eigenvalue weighted by molar-refractivity contribution is -0.182. The summed E-state index contributed by atoms with van der Waals surface area (Å²) in [6.45, 7) is -0.293. The van der Waals surface area contributed by atoms with Crippen molar-refractivity contribution in [3.63, 3.8) is 0 Å². The van der Waals surface area contributed by atoms with Gasteiger partial charge in [0.05, 0.1) is 0 Å². The van der Waals surface area contributed by atoms with Crippen LogP contribution in [-0.2, 0) is 22.2 Å². The van der Waals surface area contributed by atoms with Crippen molar-refractivity contribution in [2.45, 2.75) is 12.6 Å². The predicted molar refractivity (Wildman–Crippen MR) is 56.7 cm³/mol. The zero-order valence-corrected chi connectivity index (χ0v) is 9.54. The molecule has 1 heterocycles. The van der Waals surface area contributed by atoms with E-state index in [1.165, 1.54) is 12.1 Å². The lowest BCUT2D eigenvalue weighted by Gasteiger charge is -2.23. The number of rotatable bonds is 1. The van der Waals surface area contributed by atoms with E-state index < -0.39 is 17.9 Å². The summed E-state index contributed by atoms with van der Waals surface area (Å²) in [4.78, 5) is 21.2. The molecule has 2 rings (SSSR count). The van der Waals surface area contributed by atoms with Crippen LogP contribution in [0.2, 0.25) is 5.02 Å². The van der Waals surface area contributed by atoms with Crippen molar-refractivity contribution in [2.75, 3.05) is 0 Å². The van der Waals surface area contributed by atoms with Gasteiger partial charge in [-0.3, -0.25) is 10.2 Å². The van der Waals surface area contributed by atoms with Crippen molar-refractivity contribution < 1.29 is 23.5 Å². The van der Waals surface area contributed by atoms with Gasteiger partial charge in [0, 0.05) is 17.1 Å². The highest BCUT2D eigenvalue weighted by molar-refractivity contribution is 6.31. The number of hydrogen-bond acceptors (Lipinski definition) is 3. The molecule has 1 aromatic rings. The minimum absolute atomic E-state index is 0.139.